The van der Waals surface area contributed by atoms with E-state index in [-0.39, 0.29) is 0 Å². The molecule has 0 aliphatic rings. The van der Waals surface area contributed by atoms with Gasteiger partial charge in [-0.05, 0) is 30.4 Å². The Morgan fingerprint density at radius 2 is 1.60 bits per heavy atom. The molecule has 0 saturated carbocycles. The first kappa shape index (κ1) is 12.0. The molecule has 0 heterocycles. The molecule has 0 saturated heterocycles. The first-order valence-corrected chi connectivity index (χ1v) is 5.79. The Hall–Kier alpha value is -1.11. The Morgan fingerprint density at radius 1 is 1.00 bits per heavy atom. The maximum absolute atomic E-state index is 10.1. The van der Waals surface area contributed by atoms with Crippen LogP contribution in [0, 0.1) is 0 Å². The Balaban J connectivity index is 2.38. The number of benzene rings is 1. The van der Waals surface area contributed by atoms with Crippen molar-refractivity contribution in [2.24, 2.45) is 0 Å². The van der Waals surface area contributed by atoms with E-state index in [4.69, 9.17) is 0 Å². The molecular weight excluding hydrogens is 184 g/mol. The molecule has 0 fully saturated rings. The van der Waals surface area contributed by atoms with Crippen molar-refractivity contribution in [3.05, 3.63) is 35.4 Å². The minimum Gasteiger partial charge on any atom is -0.291 e. The molecule has 1 rings (SSSR count). The topological polar surface area (TPSA) is 17.1 Å². The van der Waals surface area contributed by atoms with E-state index in [1.54, 1.807) is 0 Å². The van der Waals surface area contributed by atoms with Gasteiger partial charge in [-0.3, -0.25) is 4.79 Å². The summed E-state index contributed by atoms with van der Waals surface area (Å²) in [4.78, 5) is 10.1. The zero-order chi connectivity index (χ0) is 10.9. The fraction of sp³-hybridized carbons (Fsp3) is 0.500. The number of carbonyl (C=O) groups excluding carboxylic acids is 1. The summed E-state index contributed by atoms with van der Waals surface area (Å²) in [5, 5.41) is 0. The zero-order valence-electron chi connectivity index (χ0n) is 9.46. The van der Waals surface area contributed by atoms with Gasteiger partial charge in [0.15, 0.2) is 6.29 Å². The first-order valence-electron chi connectivity index (χ1n) is 5.79. The second-order valence-corrected chi connectivity index (χ2v) is 3.92. The molecule has 1 aromatic rings. The summed E-state index contributed by atoms with van der Waals surface area (Å²) in [5.41, 5.74) is 2.64. The lowest BCUT2D eigenvalue weighted by Gasteiger charge is -2.02. The monoisotopic (exact) mass is 203 g/mol. The fourth-order valence-corrected chi connectivity index (χ4v) is 1.65. The number of rotatable bonds is 7. The molecule has 1 radical (unpaired) electrons. The predicted molar refractivity (Wildman–Crippen MR) is 63.7 cm³/mol. The summed E-state index contributed by atoms with van der Waals surface area (Å²) in [6, 6.07) is 8.60. The van der Waals surface area contributed by atoms with Crippen LogP contribution in [0.25, 0.3) is 0 Å². The minimum atomic E-state index is 0.509. The largest absolute Gasteiger partial charge is 0.291 e. The van der Waals surface area contributed by atoms with Crippen molar-refractivity contribution in [3.8, 4) is 0 Å². The second kappa shape index (κ2) is 7.22. The van der Waals surface area contributed by atoms with Crippen LogP contribution < -0.4 is 0 Å². The molecule has 1 nitrogen and oxygen atoms in total. The van der Waals surface area contributed by atoms with Gasteiger partial charge in [-0.15, -0.1) is 0 Å². The molecule has 0 aliphatic carbocycles. The molecule has 0 aromatic heterocycles. The van der Waals surface area contributed by atoms with Crippen molar-refractivity contribution in [2.45, 2.75) is 45.4 Å². The molecule has 0 unspecified atom stereocenters. The smallest absolute Gasteiger partial charge is 0.198 e. The van der Waals surface area contributed by atoms with Crippen LogP contribution >= 0.6 is 0 Å². The van der Waals surface area contributed by atoms with Crippen LogP contribution in [0.5, 0.6) is 0 Å². The van der Waals surface area contributed by atoms with Crippen molar-refractivity contribution >= 4 is 6.29 Å². The summed E-state index contributed by atoms with van der Waals surface area (Å²) in [7, 11) is 0. The fourth-order valence-electron chi connectivity index (χ4n) is 1.65. The van der Waals surface area contributed by atoms with Gasteiger partial charge in [-0.25, -0.2) is 0 Å². The first-order chi connectivity index (χ1) is 7.36. The molecule has 0 aliphatic heterocycles. The molecule has 0 N–H and O–H groups in total. The third kappa shape index (κ3) is 4.78. The Bertz CT molecular complexity index is 274. The highest BCUT2D eigenvalue weighted by atomic mass is 16.1. The molecule has 0 atom stereocenters. The number of aryl methyl sites for hydroxylation is 2. The quantitative estimate of drug-likeness (QED) is 0.620. The van der Waals surface area contributed by atoms with Crippen molar-refractivity contribution < 1.29 is 4.79 Å². The van der Waals surface area contributed by atoms with Crippen LogP contribution in [0.3, 0.4) is 0 Å². The van der Waals surface area contributed by atoms with Crippen molar-refractivity contribution in [3.63, 3.8) is 0 Å². The standard InChI is InChI=1S/C14H19O/c1-2-3-4-6-13-8-10-14(11-9-13)7-5-12-15/h8-11H,2-7H2,1H3. The van der Waals surface area contributed by atoms with Gasteiger partial charge in [0.25, 0.3) is 0 Å². The van der Waals surface area contributed by atoms with Crippen molar-refractivity contribution in [1.29, 1.82) is 0 Å². The van der Waals surface area contributed by atoms with Crippen LogP contribution in [0.4, 0.5) is 0 Å². The van der Waals surface area contributed by atoms with Gasteiger partial charge in [0.1, 0.15) is 0 Å². The molecule has 15 heavy (non-hydrogen) atoms. The van der Waals surface area contributed by atoms with Crippen molar-refractivity contribution in [1.82, 2.24) is 0 Å². The number of hydrogen-bond donors (Lipinski definition) is 0. The average Bonchev–Trinajstić information content (AvgIpc) is 2.28. The lowest BCUT2D eigenvalue weighted by atomic mass is 10.0. The molecule has 1 heteroatoms. The van der Waals surface area contributed by atoms with Gasteiger partial charge in [0, 0.05) is 6.42 Å². The van der Waals surface area contributed by atoms with E-state index >= 15 is 0 Å². The molecule has 81 valence electrons. The van der Waals surface area contributed by atoms with E-state index in [0.717, 1.165) is 6.42 Å². The van der Waals surface area contributed by atoms with Crippen LogP contribution in [-0.2, 0) is 17.6 Å². The van der Waals surface area contributed by atoms with E-state index in [1.165, 1.54) is 36.8 Å². The van der Waals surface area contributed by atoms with E-state index in [0.29, 0.717) is 6.42 Å². The van der Waals surface area contributed by atoms with E-state index in [1.807, 2.05) is 6.29 Å². The highest BCUT2D eigenvalue weighted by Gasteiger charge is 1.95. The van der Waals surface area contributed by atoms with Gasteiger partial charge in [-0.2, -0.15) is 0 Å². The summed E-state index contributed by atoms with van der Waals surface area (Å²) >= 11 is 0. The Kier molecular flexibility index (Phi) is 5.76. The maximum Gasteiger partial charge on any atom is 0.198 e. The van der Waals surface area contributed by atoms with Gasteiger partial charge in [0.2, 0.25) is 0 Å². The van der Waals surface area contributed by atoms with Crippen LogP contribution in [0.2, 0.25) is 0 Å². The van der Waals surface area contributed by atoms with E-state index in [9.17, 15) is 4.79 Å². The summed E-state index contributed by atoms with van der Waals surface area (Å²) < 4.78 is 0. The third-order valence-corrected chi connectivity index (χ3v) is 2.61. The van der Waals surface area contributed by atoms with Gasteiger partial charge >= 0.3 is 0 Å². The molecule has 1 aromatic carbocycles. The molecule has 0 bridgehead atoms. The van der Waals surface area contributed by atoms with Gasteiger partial charge < -0.3 is 0 Å². The Labute approximate surface area is 92.5 Å². The second-order valence-electron chi connectivity index (χ2n) is 3.92. The predicted octanol–water partition coefficient (Wildman–Crippen LogP) is 3.46. The average molecular weight is 203 g/mol. The molecule has 0 amide bonds. The highest BCUT2D eigenvalue weighted by Crippen LogP contribution is 2.09. The maximum atomic E-state index is 10.1. The van der Waals surface area contributed by atoms with Gasteiger partial charge in [-0.1, -0.05) is 44.0 Å². The zero-order valence-corrected chi connectivity index (χ0v) is 9.46. The number of unbranched alkanes of at least 4 members (excludes halogenated alkanes) is 2. The van der Waals surface area contributed by atoms with E-state index in [2.05, 4.69) is 31.2 Å². The lowest BCUT2D eigenvalue weighted by Crippen LogP contribution is -1.89. The third-order valence-electron chi connectivity index (χ3n) is 2.61. The Morgan fingerprint density at radius 3 is 2.13 bits per heavy atom. The lowest BCUT2D eigenvalue weighted by molar-refractivity contribution is 0.551. The summed E-state index contributed by atoms with van der Waals surface area (Å²) in [6.45, 7) is 2.22. The number of hydrogen-bond acceptors (Lipinski definition) is 1. The normalized spacial score (nSPS) is 10.2. The van der Waals surface area contributed by atoms with Gasteiger partial charge in [0.05, 0.1) is 0 Å². The van der Waals surface area contributed by atoms with Crippen molar-refractivity contribution in [2.75, 3.05) is 0 Å². The summed E-state index contributed by atoms with van der Waals surface area (Å²) in [5.74, 6) is 0. The minimum absolute atomic E-state index is 0.509. The molecule has 0 spiro atoms. The van der Waals surface area contributed by atoms with Crippen LogP contribution in [0.15, 0.2) is 24.3 Å². The summed E-state index contributed by atoms with van der Waals surface area (Å²) in [6.07, 6.45) is 8.28. The highest BCUT2D eigenvalue weighted by molar-refractivity contribution is 5.51. The van der Waals surface area contributed by atoms with Crippen LogP contribution in [-0.4, -0.2) is 6.29 Å². The van der Waals surface area contributed by atoms with E-state index < -0.39 is 0 Å². The van der Waals surface area contributed by atoms with Crippen LogP contribution in [0.1, 0.15) is 43.7 Å². The molecular formula is C14H19O. The SMILES string of the molecule is CCCCCc1ccc(CC[C]=O)cc1.